The van der Waals surface area contributed by atoms with Gasteiger partial charge in [-0.25, -0.2) is 0 Å². The van der Waals surface area contributed by atoms with E-state index in [9.17, 15) is 0 Å². The van der Waals surface area contributed by atoms with Crippen molar-refractivity contribution < 1.29 is 0 Å². The van der Waals surface area contributed by atoms with E-state index < -0.39 is 0 Å². The predicted molar refractivity (Wildman–Crippen MR) is 59.9 cm³/mol. The summed E-state index contributed by atoms with van der Waals surface area (Å²) in [6, 6.07) is 4.21. The Hall–Kier alpha value is -1.18. The fourth-order valence-corrected chi connectivity index (χ4v) is 2.05. The van der Waals surface area contributed by atoms with E-state index in [4.69, 9.17) is 0 Å². The monoisotopic (exact) mass is 190 g/mol. The number of nitrogens with zero attached hydrogens (tertiary/aromatic N) is 1. The summed E-state index contributed by atoms with van der Waals surface area (Å²) in [5.41, 5.74) is 3.99. The summed E-state index contributed by atoms with van der Waals surface area (Å²) in [4.78, 5) is 3.49. The molecule has 0 fully saturated rings. The van der Waals surface area contributed by atoms with Gasteiger partial charge in [0.15, 0.2) is 0 Å². The zero-order valence-corrected chi connectivity index (χ0v) is 9.33. The third kappa shape index (κ3) is 1.26. The molecular weight excluding hydrogens is 172 g/mol. The van der Waals surface area contributed by atoms with E-state index in [0.29, 0.717) is 11.8 Å². The molecule has 0 saturated carbocycles. The molecule has 0 saturated heterocycles. The van der Waals surface area contributed by atoms with E-state index in [-0.39, 0.29) is 0 Å². The summed E-state index contributed by atoms with van der Waals surface area (Å²) < 4.78 is 2.26. The van der Waals surface area contributed by atoms with Crippen LogP contribution in [0.5, 0.6) is 0 Å². The Morgan fingerprint density at radius 1 is 1.14 bits per heavy atom. The minimum absolute atomic E-state index is 0.562. The summed E-state index contributed by atoms with van der Waals surface area (Å²) in [6.07, 6.45) is 2.13. The van der Waals surface area contributed by atoms with Gasteiger partial charge in [0, 0.05) is 17.6 Å². The quantitative estimate of drug-likeness (QED) is 0.748. The third-order valence-electron chi connectivity index (χ3n) is 2.67. The molecule has 0 amide bonds. The minimum Gasteiger partial charge on any atom is -0.343 e. The summed E-state index contributed by atoms with van der Waals surface area (Å²) >= 11 is 0. The lowest BCUT2D eigenvalue weighted by Crippen LogP contribution is -1.99. The Balaban J connectivity index is 2.69. The minimum atomic E-state index is 0.562. The molecular formula is C12H18N2. The Morgan fingerprint density at radius 2 is 1.86 bits per heavy atom. The van der Waals surface area contributed by atoms with Crippen molar-refractivity contribution in [2.24, 2.45) is 0 Å². The van der Waals surface area contributed by atoms with Crippen molar-refractivity contribution in [3.63, 3.8) is 0 Å². The third-order valence-corrected chi connectivity index (χ3v) is 2.67. The fourth-order valence-electron chi connectivity index (χ4n) is 2.05. The molecule has 0 bridgehead atoms. The van der Waals surface area contributed by atoms with Crippen LogP contribution in [-0.2, 0) is 0 Å². The number of rotatable bonds is 2. The molecule has 0 aliphatic heterocycles. The molecule has 2 heteroatoms. The maximum absolute atomic E-state index is 3.49. The molecule has 2 rings (SSSR count). The largest absolute Gasteiger partial charge is 0.343 e. The van der Waals surface area contributed by atoms with Gasteiger partial charge in [-0.15, -0.1) is 0 Å². The van der Waals surface area contributed by atoms with E-state index >= 15 is 0 Å². The predicted octanol–water partition coefficient (Wildman–Crippen LogP) is 3.51. The average molecular weight is 190 g/mol. The first-order valence-electron chi connectivity index (χ1n) is 5.30. The van der Waals surface area contributed by atoms with Crippen LogP contribution in [0.2, 0.25) is 0 Å². The molecule has 0 spiro atoms. The number of fused-ring (bicyclic) bond motifs is 1. The van der Waals surface area contributed by atoms with Crippen LogP contribution in [0, 0.1) is 0 Å². The molecule has 2 aromatic rings. The highest BCUT2D eigenvalue weighted by Gasteiger charge is 2.15. The molecule has 2 nitrogen and oxygen atoms in total. The fraction of sp³-hybridized carbons (Fsp3) is 0.500. The van der Waals surface area contributed by atoms with Crippen LogP contribution in [0.3, 0.4) is 0 Å². The van der Waals surface area contributed by atoms with E-state index in [1.165, 1.54) is 17.0 Å². The number of aromatic amines is 1. The maximum atomic E-state index is 3.49. The molecule has 1 N–H and O–H groups in total. The lowest BCUT2D eigenvalue weighted by atomic mass is 10.0. The first kappa shape index (κ1) is 9.38. The van der Waals surface area contributed by atoms with E-state index in [1.807, 2.05) is 0 Å². The van der Waals surface area contributed by atoms with E-state index in [2.05, 4.69) is 55.4 Å². The van der Waals surface area contributed by atoms with Crippen LogP contribution in [0.1, 0.15) is 50.9 Å². The van der Waals surface area contributed by atoms with Crippen LogP contribution in [0.25, 0.3) is 5.65 Å². The van der Waals surface area contributed by atoms with Gasteiger partial charge in [-0.2, -0.15) is 0 Å². The highest BCUT2D eigenvalue weighted by Crippen LogP contribution is 2.26. The highest BCUT2D eigenvalue weighted by molar-refractivity contribution is 5.45. The van der Waals surface area contributed by atoms with Crippen molar-refractivity contribution in [3.05, 3.63) is 29.7 Å². The van der Waals surface area contributed by atoms with Crippen molar-refractivity contribution in [1.29, 1.82) is 0 Å². The first-order chi connectivity index (χ1) is 6.61. The van der Waals surface area contributed by atoms with E-state index in [1.54, 1.807) is 0 Å². The van der Waals surface area contributed by atoms with Crippen molar-refractivity contribution in [2.45, 2.75) is 39.5 Å². The summed E-state index contributed by atoms with van der Waals surface area (Å²) in [5, 5.41) is 0. The van der Waals surface area contributed by atoms with Gasteiger partial charge in [0.2, 0.25) is 0 Å². The second-order valence-electron chi connectivity index (χ2n) is 4.50. The van der Waals surface area contributed by atoms with Crippen LogP contribution >= 0.6 is 0 Å². The number of aromatic nitrogens is 2. The molecule has 0 atom stereocenters. The van der Waals surface area contributed by atoms with Crippen LogP contribution < -0.4 is 0 Å². The van der Waals surface area contributed by atoms with Crippen LogP contribution in [0.15, 0.2) is 18.3 Å². The van der Waals surface area contributed by atoms with Gasteiger partial charge >= 0.3 is 0 Å². The SMILES string of the molecule is CC(C)c1[nH]c2cccn2c1C(C)C. The summed E-state index contributed by atoms with van der Waals surface area (Å²) in [6.45, 7) is 8.96. The zero-order valence-electron chi connectivity index (χ0n) is 9.33. The zero-order chi connectivity index (χ0) is 10.3. The van der Waals surface area contributed by atoms with Gasteiger partial charge in [-0.3, -0.25) is 0 Å². The van der Waals surface area contributed by atoms with Gasteiger partial charge in [-0.1, -0.05) is 27.7 Å². The van der Waals surface area contributed by atoms with Crippen molar-refractivity contribution >= 4 is 5.65 Å². The van der Waals surface area contributed by atoms with Crippen LogP contribution in [0.4, 0.5) is 0 Å². The molecule has 0 aromatic carbocycles. The first-order valence-corrected chi connectivity index (χ1v) is 5.30. The average Bonchev–Trinajstić information content (AvgIpc) is 2.58. The standard InChI is InChI=1S/C12H18N2/c1-8(2)11-12(9(3)4)14-7-5-6-10(14)13-11/h5-9,13H,1-4H3. The smallest absolute Gasteiger partial charge is 0.114 e. The Bertz CT molecular complexity index is 432. The summed E-state index contributed by atoms with van der Waals surface area (Å²) in [7, 11) is 0. The molecule has 0 unspecified atom stereocenters. The van der Waals surface area contributed by atoms with Gasteiger partial charge in [0.25, 0.3) is 0 Å². The topological polar surface area (TPSA) is 20.2 Å². The maximum Gasteiger partial charge on any atom is 0.114 e. The second kappa shape index (κ2) is 3.19. The Kier molecular flexibility index (Phi) is 2.14. The lowest BCUT2D eigenvalue weighted by molar-refractivity contribution is 0.746. The molecule has 0 radical (unpaired) electrons. The molecule has 76 valence electrons. The Morgan fingerprint density at radius 3 is 2.43 bits per heavy atom. The van der Waals surface area contributed by atoms with Crippen molar-refractivity contribution in [3.8, 4) is 0 Å². The second-order valence-corrected chi connectivity index (χ2v) is 4.50. The Labute approximate surface area is 84.9 Å². The number of hydrogen-bond donors (Lipinski definition) is 1. The van der Waals surface area contributed by atoms with Gasteiger partial charge in [0.05, 0.1) is 0 Å². The van der Waals surface area contributed by atoms with Crippen LogP contribution in [-0.4, -0.2) is 9.38 Å². The van der Waals surface area contributed by atoms with E-state index in [0.717, 1.165) is 0 Å². The number of imidazole rings is 1. The normalized spacial score (nSPS) is 12.1. The van der Waals surface area contributed by atoms with Gasteiger partial charge in [-0.05, 0) is 24.0 Å². The number of nitrogens with one attached hydrogen (secondary N) is 1. The molecule has 2 aromatic heterocycles. The lowest BCUT2D eigenvalue weighted by Gasteiger charge is -2.10. The molecule has 0 aliphatic carbocycles. The molecule has 14 heavy (non-hydrogen) atoms. The molecule has 2 heterocycles. The molecule has 0 aliphatic rings. The van der Waals surface area contributed by atoms with Crippen molar-refractivity contribution in [1.82, 2.24) is 9.38 Å². The van der Waals surface area contributed by atoms with Crippen molar-refractivity contribution in [2.75, 3.05) is 0 Å². The van der Waals surface area contributed by atoms with Gasteiger partial charge in [0.1, 0.15) is 5.65 Å². The summed E-state index contributed by atoms with van der Waals surface area (Å²) in [5.74, 6) is 1.13. The number of hydrogen-bond acceptors (Lipinski definition) is 0. The van der Waals surface area contributed by atoms with Gasteiger partial charge < -0.3 is 9.38 Å². The number of H-pyrrole nitrogens is 1. The highest BCUT2D eigenvalue weighted by atomic mass is 15.0.